The van der Waals surface area contributed by atoms with E-state index in [1.807, 2.05) is 0 Å². The van der Waals surface area contributed by atoms with Crippen LogP contribution in [0.4, 0.5) is 17.1 Å². The molecule has 2 heteroatoms. The van der Waals surface area contributed by atoms with Gasteiger partial charge >= 0.3 is 0 Å². The fourth-order valence-electron chi connectivity index (χ4n) is 9.01. The van der Waals surface area contributed by atoms with Gasteiger partial charge in [0.15, 0.2) is 0 Å². The third-order valence-corrected chi connectivity index (χ3v) is 11.8. The van der Waals surface area contributed by atoms with Gasteiger partial charge in [-0.05, 0) is 104 Å². The van der Waals surface area contributed by atoms with Gasteiger partial charge in [-0.25, -0.2) is 0 Å². The van der Waals surface area contributed by atoms with Crippen LogP contribution in [0.1, 0.15) is 0 Å². The van der Waals surface area contributed by atoms with Crippen molar-refractivity contribution in [2.75, 3.05) is 4.90 Å². The maximum absolute atomic E-state index is 2.42. The Labute approximate surface area is 350 Å². The average Bonchev–Trinajstić information content (AvgIpc) is 3.66. The van der Waals surface area contributed by atoms with E-state index in [4.69, 9.17) is 0 Å². The van der Waals surface area contributed by atoms with Gasteiger partial charge in [0.1, 0.15) is 0 Å². The van der Waals surface area contributed by atoms with Crippen LogP contribution >= 0.6 is 0 Å². The van der Waals surface area contributed by atoms with E-state index < -0.39 is 0 Å². The van der Waals surface area contributed by atoms with Gasteiger partial charge in [0.2, 0.25) is 0 Å². The lowest BCUT2D eigenvalue weighted by Crippen LogP contribution is -2.10. The van der Waals surface area contributed by atoms with Crippen molar-refractivity contribution in [3.8, 4) is 50.2 Å². The summed E-state index contributed by atoms with van der Waals surface area (Å²) in [5.74, 6) is 0. The molecule has 0 aliphatic carbocycles. The summed E-state index contributed by atoms with van der Waals surface area (Å²) in [5.41, 5.74) is 16.4. The SMILES string of the molecule is c1ccc(-c2ccc(N(c3ccc(-c4ccccc4-c4ccccc4-n4c5ccccc5c5ccccc54)cc3)c3cccc(-c4cccc5ccccc45)c3)cc2)cc1. The normalized spacial score (nSPS) is 11.3. The van der Waals surface area contributed by atoms with Crippen LogP contribution in [-0.4, -0.2) is 4.57 Å². The van der Waals surface area contributed by atoms with Gasteiger partial charge < -0.3 is 9.47 Å². The second-order valence-corrected chi connectivity index (χ2v) is 15.3. The highest BCUT2D eigenvalue weighted by Gasteiger charge is 2.19. The summed E-state index contributed by atoms with van der Waals surface area (Å²) in [5, 5.41) is 5.00. The Balaban J connectivity index is 1.02. The van der Waals surface area contributed by atoms with E-state index in [1.165, 1.54) is 71.5 Å². The molecule has 0 aliphatic heterocycles. The zero-order chi connectivity index (χ0) is 39.8. The van der Waals surface area contributed by atoms with E-state index >= 15 is 0 Å². The van der Waals surface area contributed by atoms with Crippen LogP contribution in [0.5, 0.6) is 0 Å². The number of anilines is 3. The zero-order valence-corrected chi connectivity index (χ0v) is 33.0. The zero-order valence-electron chi connectivity index (χ0n) is 33.0. The van der Waals surface area contributed by atoms with Crippen LogP contribution in [0.25, 0.3) is 82.8 Å². The second-order valence-electron chi connectivity index (χ2n) is 15.3. The number of hydrogen-bond donors (Lipinski definition) is 0. The molecular weight excluding hydrogens is 725 g/mol. The fourth-order valence-corrected chi connectivity index (χ4v) is 9.01. The third kappa shape index (κ3) is 6.23. The summed E-state index contributed by atoms with van der Waals surface area (Å²) < 4.78 is 2.42. The Morgan fingerprint density at radius 2 is 0.750 bits per heavy atom. The highest BCUT2D eigenvalue weighted by atomic mass is 15.1. The topological polar surface area (TPSA) is 8.17 Å². The smallest absolute Gasteiger partial charge is 0.0541 e. The first-order chi connectivity index (χ1) is 29.8. The molecule has 0 spiro atoms. The van der Waals surface area contributed by atoms with E-state index in [-0.39, 0.29) is 0 Å². The van der Waals surface area contributed by atoms with Gasteiger partial charge in [0.05, 0.1) is 16.7 Å². The number of rotatable bonds is 8. The minimum Gasteiger partial charge on any atom is -0.310 e. The molecular formula is C58H40N2. The number of aromatic nitrogens is 1. The molecule has 2 nitrogen and oxygen atoms in total. The summed E-state index contributed by atoms with van der Waals surface area (Å²) in [6.45, 7) is 0. The highest BCUT2D eigenvalue weighted by molar-refractivity contribution is 6.10. The quantitative estimate of drug-likeness (QED) is 0.150. The molecule has 0 radical (unpaired) electrons. The number of para-hydroxylation sites is 3. The maximum atomic E-state index is 2.42. The monoisotopic (exact) mass is 764 g/mol. The van der Waals surface area contributed by atoms with Crippen LogP contribution in [0.15, 0.2) is 243 Å². The van der Waals surface area contributed by atoms with E-state index in [0.717, 1.165) is 28.3 Å². The molecule has 0 amide bonds. The molecule has 0 atom stereocenters. The Morgan fingerprint density at radius 1 is 0.267 bits per heavy atom. The highest BCUT2D eigenvalue weighted by Crippen LogP contribution is 2.42. The third-order valence-electron chi connectivity index (χ3n) is 11.8. The molecule has 0 unspecified atom stereocenters. The molecule has 282 valence electrons. The summed E-state index contributed by atoms with van der Waals surface area (Å²) in [6.07, 6.45) is 0. The first kappa shape index (κ1) is 35.2. The lowest BCUT2D eigenvalue weighted by Gasteiger charge is -2.27. The van der Waals surface area contributed by atoms with Gasteiger partial charge in [-0.3, -0.25) is 0 Å². The first-order valence-electron chi connectivity index (χ1n) is 20.6. The summed E-state index contributed by atoms with van der Waals surface area (Å²) in [7, 11) is 0. The molecule has 60 heavy (non-hydrogen) atoms. The van der Waals surface area contributed by atoms with Crippen molar-refractivity contribution in [2.24, 2.45) is 0 Å². The van der Waals surface area contributed by atoms with E-state index in [1.54, 1.807) is 0 Å². The molecule has 0 bridgehead atoms. The molecule has 0 aliphatic rings. The Bertz CT molecular complexity index is 3240. The molecule has 0 fully saturated rings. The first-order valence-corrected chi connectivity index (χ1v) is 20.6. The Kier molecular flexibility index (Phi) is 8.87. The van der Waals surface area contributed by atoms with Crippen molar-refractivity contribution >= 4 is 49.6 Å². The maximum Gasteiger partial charge on any atom is 0.0541 e. The second kappa shape index (κ2) is 15.1. The molecule has 0 saturated heterocycles. The van der Waals surface area contributed by atoms with Crippen molar-refractivity contribution in [3.63, 3.8) is 0 Å². The van der Waals surface area contributed by atoms with Crippen LogP contribution in [0, 0.1) is 0 Å². The van der Waals surface area contributed by atoms with Gasteiger partial charge in [-0.2, -0.15) is 0 Å². The molecule has 10 aromatic carbocycles. The molecule has 1 aromatic heterocycles. The molecule has 11 rings (SSSR count). The minimum absolute atomic E-state index is 1.09. The Hall–Kier alpha value is -7.94. The number of fused-ring (bicyclic) bond motifs is 4. The standard InChI is InChI=1S/C58H40N2/c1-2-16-41(17-3-1)42-32-36-46(37-33-42)59(48-21-14-20-45(40-48)51-28-15-19-43-18-4-5-22-49(43)51)47-38-34-44(35-39-47)50-23-6-7-24-52(50)53-25-8-11-29-56(53)60-57-30-12-9-26-54(57)55-27-10-13-31-58(55)60/h1-40H. The van der Waals surface area contributed by atoms with Crippen LogP contribution in [-0.2, 0) is 0 Å². The van der Waals surface area contributed by atoms with E-state index in [9.17, 15) is 0 Å². The van der Waals surface area contributed by atoms with Crippen LogP contribution in [0.2, 0.25) is 0 Å². The van der Waals surface area contributed by atoms with Crippen LogP contribution in [0.3, 0.4) is 0 Å². The largest absolute Gasteiger partial charge is 0.310 e. The van der Waals surface area contributed by atoms with Gasteiger partial charge in [0.25, 0.3) is 0 Å². The van der Waals surface area contributed by atoms with Crippen molar-refractivity contribution in [1.29, 1.82) is 0 Å². The lowest BCUT2D eigenvalue weighted by atomic mass is 9.93. The van der Waals surface area contributed by atoms with Crippen molar-refractivity contribution < 1.29 is 0 Å². The summed E-state index contributed by atoms with van der Waals surface area (Å²) >= 11 is 0. The van der Waals surface area contributed by atoms with Gasteiger partial charge in [-0.15, -0.1) is 0 Å². The summed E-state index contributed by atoms with van der Waals surface area (Å²) in [6, 6.07) is 87.8. The van der Waals surface area contributed by atoms with E-state index in [2.05, 4.69) is 252 Å². The predicted molar refractivity (Wildman–Crippen MR) is 255 cm³/mol. The average molecular weight is 765 g/mol. The number of nitrogens with zero attached hydrogens (tertiary/aromatic N) is 2. The lowest BCUT2D eigenvalue weighted by molar-refractivity contribution is 1.18. The van der Waals surface area contributed by atoms with Crippen LogP contribution < -0.4 is 4.90 Å². The fraction of sp³-hybridized carbons (Fsp3) is 0. The molecule has 1 heterocycles. The number of benzene rings is 10. The van der Waals surface area contributed by atoms with E-state index in [0.29, 0.717) is 0 Å². The predicted octanol–water partition coefficient (Wildman–Crippen LogP) is 16.1. The van der Waals surface area contributed by atoms with Crippen molar-refractivity contribution in [3.05, 3.63) is 243 Å². The minimum atomic E-state index is 1.09. The van der Waals surface area contributed by atoms with Gasteiger partial charge in [0, 0.05) is 33.4 Å². The Morgan fingerprint density at radius 3 is 1.47 bits per heavy atom. The number of hydrogen-bond acceptors (Lipinski definition) is 1. The summed E-state index contributed by atoms with van der Waals surface area (Å²) in [4.78, 5) is 2.37. The molecule has 0 saturated carbocycles. The molecule has 0 N–H and O–H groups in total. The molecule has 11 aromatic rings. The van der Waals surface area contributed by atoms with Gasteiger partial charge in [-0.1, -0.05) is 188 Å². The van der Waals surface area contributed by atoms with Crippen molar-refractivity contribution in [2.45, 2.75) is 0 Å². The van der Waals surface area contributed by atoms with Crippen molar-refractivity contribution in [1.82, 2.24) is 4.57 Å².